The van der Waals surface area contributed by atoms with E-state index < -0.39 is 0 Å². The molecule has 7 heteroatoms. The molecule has 1 atom stereocenters. The molecule has 0 saturated heterocycles. The van der Waals surface area contributed by atoms with E-state index in [-0.39, 0.29) is 0 Å². The molecule has 1 aromatic heterocycles. The molecule has 0 aliphatic carbocycles. The number of hydrogen-bond donors (Lipinski definition) is 2. The van der Waals surface area contributed by atoms with Crippen molar-refractivity contribution in [3.05, 3.63) is 0 Å². The van der Waals surface area contributed by atoms with Crippen molar-refractivity contribution in [2.45, 2.75) is 13.8 Å². The van der Waals surface area contributed by atoms with Crippen molar-refractivity contribution in [2.75, 3.05) is 44.5 Å². The lowest BCUT2D eigenvalue weighted by molar-refractivity contribution is 0.164. The Kier molecular flexibility index (Phi) is 6.13. The zero-order valence-corrected chi connectivity index (χ0v) is 11.4. The van der Waals surface area contributed by atoms with E-state index in [0.717, 1.165) is 6.54 Å². The van der Waals surface area contributed by atoms with Crippen LogP contribution in [0.2, 0.25) is 0 Å². The third kappa shape index (κ3) is 4.70. The fraction of sp³-hybridized carbons (Fsp3) is 0.727. The molecule has 7 nitrogen and oxygen atoms in total. The number of ether oxygens (including phenoxy) is 2. The summed E-state index contributed by atoms with van der Waals surface area (Å²) >= 11 is 0. The zero-order chi connectivity index (χ0) is 13.4. The number of anilines is 2. The van der Waals surface area contributed by atoms with E-state index in [9.17, 15) is 0 Å². The Balaban J connectivity index is 2.65. The van der Waals surface area contributed by atoms with Crippen molar-refractivity contribution in [2.24, 2.45) is 5.92 Å². The van der Waals surface area contributed by atoms with Gasteiger partial charge in [-0.3, -0.25) is 0 Å². The minimum Gasteiger partial charge on any atom is -0.464 e. The highest BCUT2D eigenvalue weighted by Crippen LogP contribution is 2.11. The highest BCUT2D eigenvalue weighted by atomic mass is 16.5. The summed E-state index contributed by atoms with van der Waals surface area (Å²) in [4.78, 5) is 12.5. The maximum absolute atomic E-state index is 5.28. The summed E-state index contributed by atoms with van der Waals surface area (Å²) < 4.78 is 10.3. The predicted molar refractivity (Wildman–Crippen MR) is 70.1 cm³/mol. The summed E-state index contributed by atoms with van der Waals surface area (Å²) in [7, 11) is 3.44. The first-order chi connectivity index (χ1) is 8.69. The van der Waals surface area contributed by atoms with Crippen LogP contribution in [-0.2, 0) is 4.74 Å². The van der Waals surface area contributed by atoms with Crippen LogP contribution in [0.15, 0.2) is 0 Å². The van der Waals surface area contributed by atoms with Crippen LogP contribution in [-0.4, -0.2) is 48.9 Å². The Morgan fingerprint density at radius 2 is 1.94 bits per heavy atom. The molecule has 102 valence electrons. The summed E-state index contributed by atoms with van der Waals surface area (Å²) in [6.07, 6.45) is 0. The zero-order valence-electron chi connectivity index (χ0n) is 11.4. The Labute approximate surface area is 107 Å². The second kappa shape index (κ2) is 7.65. The van der Waals surface area contributed by atoms with Crippen LogP contribution in [0.5, 0.6) is 6.01 Å². The van der Waals surface area contributed by atoms with Gasteiger partial charge >= 0.3 is 6.01 Å². The normalized spacial score (nSPS) is 12.0. The van der Waals surface area contributed by atoms with Gasteiger partial charge in [0.1, 0.15) is 0 Å². The van der Waals surface area contributed by atoms with Crippen LogP contribution >= 0.6 is 0 Å². The SMILES string of the molecule is CCOc1nc(NC)nc(NCC(C)COC)n1. The Morgan fingerprint density at radius 1 is 1.22 bits per heavy atom. The van der Waals surface area contributed by atoms with E-state index in [1.807, 2.05) is 6.92 Å². The minimum absolute atomic E-state index is 0.318. The fourth-order valence-electron chi connectivity index (χ4n) is 1.35. The molecule has 2 N–H and O–H groups in total. The van der Waals surface area contributed by atoms with Crippen LogP contribution in [0.3, 0.4) is 0 Å². The van der Waals surface area contributed by atoms with Gasteiger partial charge < -0.3 is 20.1 Å². The van der Waals surface area contributed by atoms with E-state index in [1.165, 1.54) is 0 Å². The van der Waals surface area contributed by atoms with Gasteiger partial charge in [-0.2, -0.15) is 15.0 Å². The van der Waals surface area contributed by atoms with E-state index >= 15 is 0 Å². The molecular formula is C11H21N5O2. The van der Waals surface area contributed by atoms with Crippen molar-refractivity contribution in [1.82, 2.24) is 15.0 Å². The topological polar surface area (TPSA) is 81.2 Å². The maximum Gasteiger partial charge on any atom is 0.323 e. The molecule has 0 spiro atoms. The lowest BCUT2D eigenvalue weighted by Crippen LogP contribution is -2.18. The molecule has 0 amide bonds. The number of hydrogen-bond acceptors (Lipinski definition) is 7. The molecule has 0 aliphatic heterocycles. The molecule has 1 aromatic rings. The van der Waals surface area contributed by atoms with Gasteiger partial charge in [0.15, 0.2) is 0 Å². The first kappa shape index (κ1) is 14.4. The van der Waals surface area contributed by atoms with E-state index in [1.54, 1.807) is 14.2 Å². The predicted octanol–water partition coefficient (Wildman–Crippen LogP) is 1.01. The van der Waals surface area contributed by atoms with Gasteiger partial charge in [-0.15, -0.1) is 0 Å². The van der Waals surface area contributed by atoms with Crippen LogP contribution in [0.1, 0.15) is 13.8 Å². The lowest BCUT2D eigenvalue weighted by atomic mass is 10.2. The largest absolute Gasteiger partial charge is 0.464 e. The van der Waals surface area contributed by atoms with Crippen molar-refractivity contribution in [3.8, 4) is 6.01 Å². The van der Waals surface area contributed by atoms with Crippen LogP contribution in [0.4, 0.5) is 11.9 Å². The second-order valence-electron chi connectivity index (χ2n) is 3.89. The molecular weight excluding hydrogens is 234 g/mol. The monoisotopic (exact) mass is 255 g/mol. The number of rotatable bonds is 8. The van der Waals surface area contributed by atoms with Gasteiger partial charge in [0.25, 0.3) is 0 Å². The van der Waals surface area contributed by atoms with Gasteiger partial charge in [0.2, 0.25) is 11.9 Å². The maximum atomic E-state index is 5.28. The molecule has 0 aromatic carbocycles. The number of methoxy groups -OCH3 is 1. The van der Waals surface area contributed by atoms with E-state index in [0.29, 0.717) is 37.0 Å². The summed E-state index contributed by atoms with van der Waals surface area (Å²) in [6.45, 7) is 5.91. The summed E-state index contributed by atoms with van der Waals surface area (Å²) in [6, 6.07) is 0.318. The van der Waals surface area contributed by atoms with Crippen molar-refractivity contribution < 1.29 is 9.47 Å². The summed E-state index contributed by atoms with van der Waals surface area (Å²) in [5.74, 6) is 1.36. The Morgan fingerprint density at radius 3 is 2.56 bits per heavy atom. The third-order valence-electron chi connectivity index (χ3n) is 2.17. The molecule has 0 aliphatic rings. The van der Waals surface area contributed by atoms with Gasteiger partial charge in [0.05, 0.1) is 13.2 Å². The van der Waals surface area contributed by atoms with E-state index in [4.69, 9.17) is 9.47 Å². The molecule has 18 heavy (non-hydrogen) atoms. The standard InChI is InChI=1S/C11H21N5O2/c1-5-18-11-15-9(12-3)14-10(16-11)13-6-8(2)7-17-4/h8H,5-7H2,1-4H3,(H2,12,13,14,15,16). The Bertz CT molecular complexity index is 361. The smallest absolute Gasteiger partial charge is 0.323 e. The van der Waals surface area contributed by atoms with Crippen molar-refractivity contribution >= 4 is 11.9 Å². The lowest BCUT2D eigenvalue weighted by Gasteiger charge is -2.12. The average Bonchev–Trinajstić information content (AvgIpc) is 2.37. The van der Waals surface area contributed by atoms with Crippen LogP contribution in [0.25, 0.3) is 0 Å². The van der Waals surface area contributed by atoms with Crippen LogP contribution < -0.4 is 15.4 Å². The van der Waals surface area contributed by atoms with E-state index in [2.05, 4.69) is 32.5 Å². The van der Waals surface area contributed by atoms with Gasteiger partial charge in [-0.25, -0.2) is 0 Å². The molecule has 0 fully saturated rings. The molecule has 1 rings (SSSR count). The third-order valence-corrected chi connectivity index (χ3v) is 2.17. The quantitative estimate of drug-likeness (QED) is 0.717. The second-order valence-corrected chi connectivity index (χ2v) is 3.89. The van der Waals surface area contributed by atoms with Crippen molar-refractivity contribution in [1.29, 1.82) is 0 Å². The molecule has 0 radical (unpaired) electrons. The molecule has 0 bridgehead atoms. The summed E-state index contributed by atoms with van der Waals surface area (Å²) in [5.41, 5.74) is 0. The highest BCUT2D eigenvalue weighted by Gasteiger charge is 2.07. The number of nitrogens with one attached hydrogen (secondary N) is 2. The molecule has 0 saturated carbocycles. The van der Waals surface area contributed by atoms with Gasteiger partial charge in [-0.05, 0) is 12.8 Å². The average molecular weight is 255 g/mol. The minimum atomic E-state index is 0.318. The first-order valence-corrected chi connectivity index (χ1v) is 5.99. The Hall–Kier alpha value is -1.63. The van der Waals surface area contributed by atoms with Crippen LogP contribution in [0, 0.1) is 5.92 Å². The van der Waals surface area contributed by atoms with Gasteiger partial charge in [-0.1, -0.05) is 6.92 Å². The molecule has 1 heterocycles. The molecule has 1 unspecified atom stereocenters. The van der Waals surface area contributed by atoms with Crippen molar-refractivity contribution in [3.63, 3.8) is 0 Å². The number of nitrogens with zero attached hydrogens (tertiary/aromatic N) is 3. The first-order valence-electron chi connectivity index (χ1n) is 5.99. The van der Waals surface area contributed by atoms with Gasteiger partial charge in [0, 0.05) is 20.7 Å². The number of aromatic nitrogens is 3. The fourth-order valence-corrected chi connectivity index (χ4v) is 1.35. The highest BCUT2D eigenvalue weighted by molar-refractivity contribution is 5.35. The summed E-state index contributed by atoms with van der Waals surface area (Å²) in [5, 5.41) is 6.01.